The number of nitrogens with one attached hydrogen (secondary N) is 3. The number of urea groups is 1. The largest absolute Gasteiger partial charge is 0.325 e. The molecule has 0 aromatic heterocycles. The molecule has 0 aliphatic heterocycles. The Morgan fingerprint density at radius 3 is 2.00 bits per heavy atom. The molecule has 0 unspecified atom stereocenters. The zero-order chi connectivity index (χ0) is 21.6. The van der Waals surface area contributed by atoms with E-state index in [1.807, 2.05) is 58.0 Å². The summed E-state index contributed by atoms with van der Waals surface area (Å²) < 4.78 is 0. The minimum Gasteiger partial charge on any atom is -0.324 e. The molecule has 29 heavy (non-hydrogen) atoms. The fraction of sp³-hybridized carbons (Fsp3) is 0.318. The van der Waals surface area contributed by atoms with Crippen LogP contribution >= 0.6 is 0 Å². The maximum Gasteiger partial charge on any atom is 0.325 e. The van der Waals surface area contributed by atoms with Crippen molar-refractivity contribution in [2.75, 3.05) is 30.8 Å². The lowest BCUT2D eigenvalue weighted by Gasteiger charge is -2.17. The number of carbonyl (C=O) groups is 3. The molecule has 3 N–H and O–H groups in total. The van der Waals surface area contributed by atoms with Gasteiger partial charge in [0.15, 0.2) is 0 Å². The van der Waals surface area contributed by atoms with Crippen LogP contribution in [-0.2, 0) is 9.59 Å². The topological polar surface area (TPSA) is 90.5 Å². The normalized spacial score (nSPS) is 10.6. The number of likely N-dealkylation sites (N-methyl/N-ethyl adjacent to an activating group) is 1. The Bertz CT molecular complexity index is 904. The first-order valence-corrected chi connectivity index (χ1v) is 9.39. The number of anilines is 2. The number of rotatable bonds is 6. The molecule has 4 amide bonds. The monoisotopic (exact) mass is 396 g/mol. The van der Waals surface area contributed by atoms with Crippen LogP contribution in [0.2, 0.25) is 0 Å². The van der Waals surface area contributed by atoms with Gasteiger partial charge < -0.3 is 10.6 Å². The lowest BCUT2D eigenvalue weighted by molar-refractivity contribution is -0.122. The Balaban J connectivity index is 1.83. The highest BCUT2D eigenvalue weighted by molar-refractivity contribution is 6.02. The molecular formula is C22H28N4O3. The first-order valence-electron chi connectivity index (χ1n) is 9.39. The lowest BCUT2D eigenvalue weighted by Crippen LogP contribution is -2.42. The smallest absolute Gasteiger partial charge is 0.324 e. The predicted molar refractivity (Wildman–Crippen MR) is 115 cm³/mol. The summed E-state index contributed by atoms with van der Waals surface area (Å²) in [4.78, 5) is 38.0. The SMILES string of the molecule is Cc1cccc(NC(=O)NC(=O)CN(C)CC(=O)Nc2c(C)cccc2C)c1C. The van der Waals surface area contributed by atoms with E-state index in [-0.39, 0.29) is 19.0 Å². The van der Waals surface area contributed by atoms with E-state index in [4.69, 9.17) is 0 Å². The molecular weight excluding hydrogens is 368 g/mol. The van der Waals surface area contributed by atoms with Gasteiger partial charge >= 0.3 is 6.03 Å². The standard InChI is InChI=1S/C22H28N4O3/c1-14-8-7-11-18(17(14)4)23-22(29)25-20(28)13-26(5)12-19(27)24-21-15(2)9-6-10-16(21)3/h6-11H,12-13H2,1-5H3,(H,24,27)(H2,23,25,28,29). The number of nitrogens with zero attached hydrogens (tertiary/aromatic N) is 1. The van der Waals surface area contributed by atoms with Crippen molar-refractivity contribution in [2.45, 2.75) is 27.7 Å². The minimum atomic E-state index is -0.600. The number of hydrogen-bond donors (Lipinski definition) is 3. The predicted octanol–water partition coefficient (Wildman–Crippen LogP) is 3.14. The third kappa shape index (κ3) is 6.43. The van der Waals surface area contributed by atoms with Crippen molar-refractivity contribution >= 4 is 29.2 Å². The number of aryl methyl sites for hydroxylation is 3. The summed E-state index contributed by atoms with van der Waals surface area (Å²) in [7, 11) is 1.65. The van der Waals surface area contributed by atoms with E-state index in [9.17, 15) is 14.4 Å². The van der Waals surface area contributed by atoms with Gasteiger partial charge in [-0.3, -0.25) is 19.8 Å². The van der Waals surface area contributed by atoms with Crippen LogP contribution in [0, 0.1) is 27.7 Å². The van der Waals surface area contributed by atoms with Gasteiger partial charge in [-0.2, -0.15) is 0 Å². The van der Waals surface area contributed by atoms with Crippen molar-refractivity contribution in [1.82, 2.24) is 10.2 Å². The summed E-state index contributed by atoms with van der Waals surface area (Å²) in [6.07, 6.45) is 0. The Morgan fingerprint density at radius 2 is 1.34 bits per heavy atom. The lowest BCUT2D eigenvalue weighted by atomic mass is 10.1. The fourth-order valence-corrected chi connectivity index (χ4v) is 2.94. The molecule has 0 aliphatic rings. The van der Waals surface area contributed by atoms with E-state index < -0.39 is 11.9 Å². The highest BCUT2D eigenvalue weighted by atomic mass is 16.2. The molecule has 2 aromatic carbocycles. The van der Waals surface area contributed by atoms with Crippen molar-refractivity contribution in [2.24, 2.45) is 0 Å². The van der Waals surface area contributed by atoms with E-state index in [0.717, 1.165) is 27.9 Å². The average Bonchev–Trinajstić information content (AvgIpc) is 2.61. The van der Waals surface area contributed by atoms with Crippen LogP contribution < -0.4 is 16.0 Å². The van der Waals surface area contributed by atoms with Crippen LogP contribution in [0.1, 0.15) is 22.3 Å². The number of imide groups is 1. The molecule has 0 spiro atoms. The van der Waals surface area contributed by atoms with Crippen LogP contribution in [0.3, 0.4) is 0 Å². The second-order valence-corrected chi connectivity index (χ2v) is 7.24. The molecule has 0 atom stereocenters. The van der Waals surface area contributed by atoms with Crippen molar-refractivity contribution in [3.05, 3.63) is 58.7 Å². The zero-order valence-corrected chi connectivity index (χ0v) is 17.6. The van der Waals surface area contributed by atoms with E-state index >= 15 is 0 Å². The molecule has 0 fully saturated rings. The Morgan fingerprint density at radius 1 is 0.793 bits per heavy atom. The van der Waals surface area contributed by atoms with Crippen molar-refractivity contribution < 1.29 is 14.4 Å². The van der Waals surface area contributed by atoms with Crippen molar-refractivity contribution in [3.8, 4) is 0 Å². The van der Waals surface area contributed by atoms with E-state index in [0.29, 0.717) is 5.69 Å². The van der Waals surface area contributed by atoms with Crippen LogP contribution in [0.15, 0.2) is 36.4 Å². The zero-order valence-electron chi connectivity index (χ0n) is 17.6. The van der Waals surface area contributed by atoms with Gasteiger partial charge in [0.25, 0.3) is 0 Å². The molecule has 7 heteroatoms. The molecule has 0 saturated heterocycles. The summed E-state index contributed by atoms with van der Waals surface area (Å²) in [6, 6.07) is 10.7. The summed E-state index contributed by atoms with van der Waals surface area (Å²) in [5.74, 6) is -0.715. The molecule has 0 heterocycles. The first kappa shape index (κ1) is 22.1. The summed E-state index contributed by atoms with van der Waals surface area (Å²) in [6.45, 7) is 7.64. The molecule has 0 radical (unpaired) electrons. The molecule has 154 valence electrons. The van der Waals surface area contributed by atoms with Gasteiger partial charge in [0.05, 0.1) is 13.1 Å². The maximum absolute atomic E-state index is 12.3. The van der Waals surface area contributed by atoms with E-state index in [2.05, 4.69) is 16.0 Å². The number of benzene rings is 2. The van der Waals surface area contributed by atoms with E-state index in [1.165, 1.54) is 0 Å². The highest BCUT2D eigenvalue weighted by Crippen LogP contribution is 2.19. The Kier molecular flexibility index (Phi) is 7.50. The maximum atomic E-state index is 12.3. The average molecular weight is 396 g/mol. The first-order chi connectivity index (χ1) is 13.7. The number of hydrogen-bond acceptors (Lipinski definition) is 4. The molecule has 0 aliphatic carbocycles. The van der Waals surface area contributed by atoms with Crippen LogP contribution in [0.25, 0.3) is 0 Å². The number of carbonyl (C=O) groups excluding carboxylic acids is 3. The number of para-hydroxylation sites is 1. The molecule has 0 bridgehead atoms. The summed E-state index contributed by atoms with van der Waals surface area (Å²) >= 11 is 0. The van der Waals surface area contributed by atoms with Gasteiger partial charge in [-0.15, -0.1) is 0 Å². The van der Waals surface area contributed by atoms with Crippen LogP contribution in [0.5, 0.6) is 0 Å². The van der Waals surface area contributed by atoms with Gasteiger partial charge in [0.1, 0.15) is 0 Å². The fourth-order valence-electron chi connectivity index (χ4n) is 2.94. The van der Waals surface area contributed by atoms with Gasteiger partial charge in [0, 0.05) is 11.4 Å². The van der Waals surface area contributed by atoms with Gasteiger partial charge in [-0.1, -0.05) is 30.3 Å². The quantitative estimate of drug-likeness (QED) is 0.700. The molecule has 2 rings (SSSR count). The van der Waals surface area contributed by atoms with Gasteiger partial charge in [0.2, 0.25) is 11.8 Å². The highest BCUT2D eigenvalue weighted by Gasteiger charge is 2.15. The number of amides is 4. The van der Waals surface area contributed by atoms with Gasteiger partial charge in [-0.25, -0.2) is 4.79 Å². The van der Waals surface area contributed by atoms with Crippen LogP contribution in [-0.4, -0.2) is 42.9 Å². The second-order valence-electron chi connectivity index (χ2n) is 7.24. The second kappa shape index (κ2) is 9.84. The Labute approximate surface area is 171 Å². The molecule has 2 aromatic rings. The van der Waals surface area contributed by atoms with E-state index in [1.54, 1.807) is 18.0 Å². The third-order valence-electron chi connectivity index (χ3n) is 4.68. The van der Waals surface area contributed by atoms with Crippen molar-refractivity contribution in [1.29, 1.82) is 0 Å². The van der Waals surface area contributed by atoms with Gasteiger partial charge in [-0.05, 0) is 63.1 Å². The summed E-state index contributed by atoms with van der Waals surface area (Å²) in [5, 5.41) is 7.83. The molecule has 7 nitrogen and oxygen atoms in total. The molecule has 0 saturated carbocycles. The minimum absolute atomic E-state index is 0.0276. The third-order valence-corrected chi connectivity index (χ3v) is 4.68. The summed E-state index contributed by atoms with van der Waals surface area (Å²) in [5.41, 5.74) is 5.36. The van der Waals surface area contributed by atoms with Crippen LogP contribution in [0.4, 0.5) is 16.2 Å². The van der Waals surface area contributed by atoms with Crippen molar-refractivity contribution in [3.63, 3.8) is 0 Å². The Hall–Kier alpha value is -3.19.